The van der Waals surface area contributed by atoms with E-state index in [0.29, 0.717) is 12.6 Å². The maximum atomic E-state index is 11.5. The van der Waals surface area contributed by atoms with Crippen molar-refractivity contribution in [3.63, 3.8) is 0 Å². The maximum absolute atomic E-state index is 11.5. The van der Waals surface area contributed by atoms with Gasteiger partial charge in [0.1, 0.15) is 5.69 Å². The highest BCUT2D eigenvalue weighted by atomic mass is 16.4. The van der Waals surface area contributed by atoms with Gasteiger partial charge in [0.15, 0.2) is 0 Å². The summed E-state index contributed by atoms with van der Waals surface area (Å²) in [6, 6.07) is 8.26. The molecule has 0 bridgehead atoms. The minimum atomic E-state index is -0.819. The molecule has 0 radical (unpaired) electrons. The Hall–Kier alpha value is -1.39. The molecule has 1 aromatic rings. The zero-order valence-electron chi connectivity index (χ0n) is 13.3. The van der Waals surface area contributed by atoms with E-state index in [9.17, 15) is 9.90 Å². The first-order chi connectivity index (χ1) is 9.40. The number of hydrogen-bond acceptors (Lipinski definition) is 2. The van der Waals surface area contributed by atoms with E-state index in [0.717, 1.165) is 18.8 Å². The number of carboxylic acid groups (broad SMARTS) is 1. The van der Waals surface area contributed by atoms with Crippen LogP contribution < -0.4 is 4.48 Å². The number of nitrogens with zero attached hydrogens (tertiary/aromatic N) is 2. The van der Waals surface area contributed by atoms with Crippen LogP contribution in [0.4, 0.5) is 10.5 Å². The van der Waals surface area contributed by atoms with Crippen molar-refractivity contribution >= 4 is 11.8 Å². The molecule has 1 amide bonds. The average Bonchev–Trinajstić information content (AvgIpc) is 2.47. The first-order valence-corrected chi connectivity index (χ1v) is 7.34. The van der Waals surface area contributed by atoms with E-state index < -0.39 is 6.09 Å². The van der Waals surface area contributed by atoms with E-state index in [1.165, 1.54) is 5.56 Å². The molecule has 0 saturated carbocycles. The van der Waals surface area contributed by atoms with Crippen molar-refractivity contribution in [2.45, 2.75) is 33.7 Å². The van der Waals surface area contributed by atoms with Crippen molar-refractivity contribution in [2.75, 3.05) is 26.7 Å². The minimum absolute atomic E-state index is 0.0845. The van der Waals surface area contributed by atoms with Crippen LogP contribution in [0, 0.1) is 0 Å². The lowest BCUT2D eigenvalue weighted by Crippen LogP contribution is -2.49. The summed E-state index contributed by atoms with van der Waals surface area (Å²) in [5.41, 5.74) is 2.00. The topological polar surface area (TPSA) is 40.5 Å². The Labute approximate surface area is 122 Å². The fourth-order valence-electron chi connectivity index (χ4n) is 2.50. The van der Waals surface area contributed by atoms with Gasteiger partial charge in [-0.25, -0.2) is 0 Å². The van der Waals surface area contributed by atoms with Crippen molar-refractivity contribution < 1.29 is 9.90 Å². The standard InChI is InChI=1S/C16H26N2O2/c1-6-17(7-2)13(4)14-10-9-11-15(12-14)18(5,8-3)16(19)20/h9-13H,6-8H2,1-5H3/p+1/t13?,18-/m0/s1. The van der Waals surface area contributed by atoms with Gasteiger partial charge in [0, 0.05) is 12.1 Å². The molecule has 4 heteroatoms. The van der Waals surface area contributed by atoms with Crippen LogP contribution in [0.15, 0.2) is 24.3 Å². The molecule has 0 heterocycles. The van der Waals surface area contributed by atoms with Crippen LogP contribution in [0.25, 0.3) is 0 Å². The van der Waals surface area contributed by atoms with Gasteiger partial charge < -0.3 is 5.11 Å². The van der Waals surface area contributed by atoms with Gasteiger partial charge in [0.2, 0.25) is 0 Å². The Balaban J connectivity index is 3.16. The van der Waals surface area contributed by atoms with Crippen molar-refractivity contribution in [2.24, 2.45) is 0 Å². The second-order valence-corrected chi connectivity index (χ2v) is 5.28. The van der Waals surface area contributed by atoms with E-state index in [1.54, 1.807) is 7.05 Å². The number of benzene rings is 1. The first-order valence-electron chi connectivity index (χ1n) is 7.34. The molecule has 1 rings (SSSR count). The van der Waals surface area contributed by atoms with Gasteiger partial charge in [-0.1, -0.05) is 26.0 Å². The zero-order chi connectivity index (χ0) is 15.3. The smallest absolute Gasteiger partial charge is 0.435 e. The van der Waals surface area contributed by atoms with Crippen LogP contribution in [-0.2, 0) is 0 Å². The van der Waals surface area contributed by atoms with E-state index in [1.807, 2.05) is 25.1 Å². The molecule has 2 atom stereocenters. The summed E-state index contributed by atoms with van der Waals surface area (Å²) in [6.45, 7) is 10.9. The van der Waals surface area contributed by atoms with Crippen LogP contribution in [-0.4, -0.2) is 42.8 Å². The number of quaternary nitrogens is 1. The predicted octanol–water partition coefficient (Wildman–Crippen LogP) is 3.72. The highest BCUT2D eigenvalue weighted by molar-refractivity contribution is 5.80. The molecule has 1 aromatic carbocycles. The van der Waals surface area contributed by atoms with E-state index in [2.05, 4.69) is 31.7 Å². The first kappa shape index (κ1) is 16.7. The van der Waals surface area contributed by atoms with Gasteiger partial charge in [-0.3, -0.25) is 4.90 Å². The monoisotopic (exact) mass is 279 g/mol. The molecule has 0 saturated heterocycles. The predicted molar refractivity (Wildman–Crippen MR) is 84.1 cm³/mol. The molecule has 0 spiro atoms. The summed E-state index contributed by atoms with van der Waals surface area (Å²) in [6.07, 6.45) is -0.819. The van der Waals surface area contributed by atoms with Crippen LogP contribution in [0.2, 0.25) is 0 Å². The molecule has 1 unspecified atom stereocenters. The average molecular weight is 279 g/mol. The van der Waals surface area contributed by atoms with Gasteiger partial charge in [-0.15, -0.1) is 0 Å². The summed E-state index contributed by atoms with van der Waals surface area (Å²) >= 11 is 0. The lowest BCUT2D eigenvalue weighted by molar-refractivity contribution is 0.158. The SMILES string of the molecule is CCN(CC)C(C)c1cccc([N@+](C)(CC)C(=O)O)c1. The molecule has 4 nitrogen and oxygen atoms in total. The summed E-state index contributed by atoms with van der Waals surface area (Å²) in [5, 5.41) is 9.48. The van der Waals surface area contributed by atoms with Gasteiger partial charge in [-0.2, -0.15) is 9.28 Å². The summed E-state index contributed by atoms with van der Waals surface area (Å²) in [4.78, 5) is 13.9. The quantitative estimate of drug-likeness (QED) is 0.807. The Kier molecular flexibility index (Phi) is 5.72. The lowest BCUT2D eigenvalue weighted by Gasteiger charge is -2.29. The third-order valence-electron chi connectivity index (χ3n) is 4.34. The van der Waals surface area contributed by atoms with Gasteiger partial charge in [0.05, 0.1) is 13.6 Å². The fourth-order valence-corrected chi connectivity index (χ4v) is 2.50. The highest BCUT2D eigenvalue weighted by Crippen LogP contribution is 2.27. The Bertz CT molecular complexity index is 458. The van der Waals surface area contributed by atoms with E-state index in [4.69, 9.17) is 0 Å². The highest BCUT2D eigenvalue weighted by Gasteiger charge is 2.33. The zero-order valence-corrected chi connectivity index (χ0v) is 13.3. The lowest BCUT2D eigenvalue weighted by atomic mass is 10.1. The fraction of sp³-hybridized carbons (Fsp3) is 0.562. The van der Waals surface area contributed by atoms with Crippen molar-refractivity contribution in [3.8, 4) is 0 Å². The van der Waals surface area contributed by atoms with E-state index >= 15 is 0 Å². The molecule has 0 aliphatic heterocycles. The number of hydrogen-bond donors (Lipinski definition) is 1. The van der Waals surface area contributed by atoms with Gasteiger partial charge in [0.25, 0.3) is 0 Å². The molecular formula is C16H27N2O2+. The maximum Gasteiger partial charge on any atom is 0.518 e. The second-order valence-electron chi connectivity index (χ2n) is 5.28. The Morgan fingerprint density at radius 1 is 1.30 bits per heavy atom. The summed E-state index contributed by atoms with van der Waals surface area (Å²) < 4.78 is -0.0845. The molecule has 112 valence electrons. The van der Waals surface area contributed by atoms with Crippen molar-refractivity contribution in [3.05, 3.63) is 29.8 Å². The molecule has 1 N–H and O–H groups in total. The number of rotatable bonds is 6. The Morgan fingerprint density at radius 3 is 2.35 bits per heavy atom. The molecule has 0 fully saturated rings. The van der Waals surface area contributed by atoms with Crippen molar-refractivity contribution in [1.82, 2.24) is 9.38 Å². The number of amides is 1. The van der Waals surface area contributed by atoms with Crippen LogP contribution >= 0.6 is 0 Å². The second kappa shape index (κ2) is 6.86. The molecule has 0 aliphatic carbocycles. The van der Waals surface area contributed by atoms with Crippen molar-refractivity contribution in [1.29, 1.82) is 0 Å². The van der Waals surface area contributed by atoms with E-state index in [-0.39, 0.29) is 4.48 Å². The summed E-state index contributed by atoms with van der Waals surface area (Å²) in [5.74, 6) is 0. The van der Waals surface area contributed by atoms with Gasteiger partial charge in [-0.05, 0) is 38.6 Å². The normalized spacial score (nSPS) is 15.9. The van der Waals surface area contributed by atoms with Crippen LogP contribution in [0.1, 0.15) is 39.3 Å². The molecule has 0 aromatic heterocycles. The molecule has 0 aliphatic rings. The minimum Gasteiger partial charge on any atom is -0.435 e. The third kappa shape index (κ3) is 3.19. The number of carbonyl (C=O) groups is 1. The molecule has 20 heavy (non-hydrogen) atoms. The van der Waals surface area contributed by atoms with Crippen LogP contribution in [0.3, 0.4) is 0 Å². The van der Waals surface area contributed by atoms with Gasteiger partial charge >= 0.3 is 6.09 Å². The Morgan fingerprint density at radius 2 is 1.90 bits per heavy atom. The largest absolute Gasteiger partial charge is 0.518 e. The molecular weight excluding hydrogens is 252 g/mol. The van der Waals surface area contributed by atoms with Crippen LogP contribution in [0.5, 0.6) is 0 Å². The third-order valence-corrected chi connectivity index (χ3v) is 4.34. The summed E-state index contributed by atoms with van der Waals surface area (Å²) in [7, 11) is 1.74.